The van der Waals surface area contributed by atoms with Crippen molar-refractivity contribution >= 4 is 11.8 Å². The number of nitrogens with zero attached hydrogens (tertiary/aromatic N) is 2. The second-order valence-electron chi connectivity index (χ2n) is 5.79. The molecule has 0 radical (unpaired) electrons. The first-order valence-corrected chi connectivity index (χ1v) is 7.39. The Morgan fingerprint density at radius 2 is 2.43 bits per heavy atom. The van der Waals surface area contributed by atoms with Gasteiger partial charge < -0.3 is 14.4 Å². The number of nitrogens with one attached hydrogen (secondary N) is 1. The van der Waals surface area contributed by atoms with Crippen molar-refractivity contribution < 1.29 is 14.3 Å². The van der Waals surface area contributed by atoms with Gasteiger partial charge in [0.15, 0.2) is 0 Å². The lowest BCUT2D eigenvalue weighted by Crippen LogP contribution is -2.60. The largest absolute Gasteiger partial charge is 0.378 e. The molecule has 1 N–H and O–H groups in total. The Morgan fingerprint density at radius 1 is 1.52 bits per heavy atom. The van der Waals surface area contributed by atoms with Crippen molar-refractivity contribution in [2.45, 2.75) is 31.5 Å². The fourth-order valence-corrected chi connectivity index (χ4v) is 3.05. The summed E-state index contributed by atoms with van der Waals surface area (Å²) in [4.78, 5) is 18.3. The van der Waals surface area contributed by atoms with E-state index in [-0.39, 0.29) is 17.7 Å². The zero-order valence-corrected chi connectivity index (χ0v) is 12.2. The van der Waals surface area contributed by atoms with Crippen LogP contribution in [0.25, 0.3) is 0 Å². The highest BCUT2D eigenvalue weighted by atomic mass is 16.6. The number of ether oxygens (including phenoxy) is 2. The molecule has 21 heavy (non-hydrogen) atoms. The van der Waals surface area contributed by atoms with Gasteiger partial charge in [-0.15, -0.1) is 0 Å². The van der Waals surface area contributed by atoms with Gasteiger partial charge >= 0.3 is 6.03 Å². The Balaban J connectivity index is 1.67. The molecule has 0 saturated carbocycles. The summed E-state index contributed by atoms with van der Waals surface area (Å²) in [7, 11) is 0. The van der Waals surface area contributed by atoms with Crippen molar-refractivity contribution in [2.75, 3.05) is 31.6 Å². The molecule has 1 aromatic heterocycles. The summed E-state index contributed by atoms with van der Waals surface area (Å²) in [5.41, 5.74) is -0.350. The van der Waals surface area contributed by atoms with E-state index in [1.54, 1.807) is 17.2 Å². The van der Waals surface area contributed by atoms with Crippen molar-refractivity contribution in [3.63, 3.8) is 0 Å². The van der Waals surface area contributed by atoms with E-state index in [1.165, 1.54) is 0 Å². The van der Waals surface area contributed by atoms with Crippen molar-refractivity contribution in [1.82, 2.24) is 9.88 Å². The average molecular weight is 291 g/mol. The molecule has 0 bridgehead atoms. The van der Waals surface area contributed by atoms with Crippen LogP contribution in [-0.2, 0) is 9.47 Å². The van der Waals surface area contributed by atoms with Crippen molar-refractivity contribution in [1.29, 1.82) is 0 Å². The third kappa shape index (κ3) is 3.33. The standard InChI is InChI=1S/C15H21N3O3/c1-12-9-18(10-15(21-12)6-4-8-20-11-15)14(19)17-13-5-2-3-7-16-13/h2-3,5,7,12H,4,6,8-11H2,1H3,(H,16,17,19)/t12-,15-/m1/s1. The molecule has 1 spiro atoms. The lowest BCUT2D eigenvalue weighted by molar-refractivity contribution is -0.187. The molecule has 0 unspecified atom stereocenters. The summed E-state index contributed by atoms with van der Waals surface area (Å²) in [5, 5.41) is 2.83. The van der Waals surface area contributed by atoms with Crippen LogP contribution in [-0.4, -0.2) is 53.9 Å². The Kier molecular flexibility index (Phi) is 4.07. The average Bonchev–Trinajstić information content (AvgIpc) is 2.48. The minimum absolute atomic E-state index is 0.00920. The van der Waals surface area contributed by atoms with Crippen LogP contribution in [0.4, 0.5) is 10.6 Å². The number of carbonyl (C=O) groups excluding carboxylic acids is 1. The zero-order valence-electron chi connectivity index (χ0n) is 12.2. The number of aromatic nitrogens is 1. The molecule has 6 heteroatoms. The van der Waals surface area contributed by atoms with Crippen LogP contribution in [0.5, 0.6) is 0 Å². The van der Waals surface area contributed by atoms with E-state index in [2.05, 4.69) is 10.3 Å². The topological polar surface area (TPSA) is 63.7 Å². The Labute approximate surface area is 124 Å². The highest BCUT2D eigenvalue weighted by Gasteiger charge is 2.42. The van der Waals surface area contributed by atoms with Gasteiger partial charge in [-0.25, -0.2) is 9.78 Å². The minimum atomic E-state index is -0.350. The summed E-state index contributed by atoms with van der Waals surface area (Å²) >= 11 is 0. The van der Waals surface area contributed by atoms with Crippen LogP contribution >= 0.6 is 0 Å². The fraction of sp³-hybridized carbons (Fsp3) is 0.600. The molecule has 2 saturated heterocycles. The number of urea groups is 1. The third-order valence-electron chi connectivity index (χ3n) is 3.88. The maximum atomic E-state index is 12.4. The molecule has 3 heterocycles. The van der Waals surface area contributed by atoms with Gasteiger partial charge in [0.05, 0.1) is 19.3 Å². The van der Waals surface area contributed by atoms with Crippen LogP contribution in [0, 0.1) is 0 Å². The summed E-state index contributed by atoms with van der Waals surface area (Å²) in [6.45, 7) is 4.48. The minimum Gasteiger partial charge on any atom is -0.378 e. The third-order valence-corrected chi connectivity index (χ3v) is 3.88. The normalized spacial score (nSPS) is 29.4. The monoisotopic (exact) mass is 291 g/mol. The molecule has 2 atom stereocenters. The van der Waals surface area contributed by atoms with Gasteiger partial charge in [0.1, 0.15) is 11.4 Å². The van der Waals surface area contributed by atoms with E-state index in [0.717, 1.165) is 19.4 Å². The quantitative estimate of drug-likeness (QED) is 0.858. The first-order chi connectivity index (χ1) is 10.2. The number of carbonyl (C=O) groups is 1. The summed E-state index contributed by atoms with van der Waals surface area (Å²) in [6.07, 6.45) is 3.58. The van der Waals surface area contributed by atoms with E-state index < -0.39 is 0 Å². The predicted octanol–water partition coefficient (Wildman–Crippen LogP) is 1.88. The molecule has 2 amide bonds. The van der Waals surface area contributed by atoms with Gasteiger partial charge in [0.2, 0.25) is 0 Å². The Morgan fingerprint density at radius 3 is 3.14 bits per heavy atom. The van der Waals surface area contributed by atoms with Crippen molar-refractivity contribution in [3.8, 4) is 0 Å². The van der Waals surface area contributed by atoms with E-state index >= 15 is 0 Å². The summed E-state index contributed by atoms with van der Waals surface area (Å²) < 4.78 is 11.6. The van der Waals surface area contributed by atoms with E-state index in [4.69, 9.17) is 9.47 Å². The van der Waals surface area contributed by atoms with Crippen molar-refractivity contribution in [2.24, 2.45) is 0 Å². The second kappa shape index (κ2) is 5.99. The SMILES string of the molecule is C[C@@H]1CN(C(=O)Nc2ccccn2)C[C@@]2(CCCOC2)O1. The van der Waals surface area contributed by atoms with Gasteiger partial charge in [-0.3, -0.25) is 5.32 Å². The molecule has 2 fully saturated rings. The van der Waals surface area contributed by atoms with Gasteiger partial charge in [-0.1, -0.05) is 6.07 Å². The van der Waals surface area contributed by atoms with Crippen LogP contribution in [0.1, 0.15) is 19.8 Å². The highest BCUT2D eigenvalue weighted by Crippen LogP contribution is 2.30. The molecular formula is C15H21N3O3. The number of rotatable bonds is 1. The van der Waals surface area contributed by atoms with Gasteiger partial charge in [0, 0.05) is 19.3 Å². The summed E-state index contributed by atoms with van der Waals surface area (Å²) in [5.74, 6) is 0.565. The van der Waals surface area contributed by atoms with E-state index in [9.17, 15) is 4.79 Å². The molecular weight excluding hydrogens is 270 g/mol. The highest BCUT2D eigenvalue weighted by molar-refractivity contribution is 5.88. The maximum absolute atomic E-state index is 12.4. The maximum Gasteiger partial charge on any atom is 0.323 e. The predicted molar refractivity (Wildman–Crippen MR) is 78.2 cm³/mol. The molecule has 0 aliphatic carbocycles. The molecule has 2 aliphatic heterocycles. The number of morpholine rings is 1. The molecule has 6 nitrogen and oxygen atoms in total. The Hall–Kier alpha value is -1.66. The first-order valence-electron chi connectivity index (χ1n) is 7.39. The number of hydrogen-bond acceptors (Lipinski definition) is 4. The van der Waals surface area contributed by atoms with Gasteiger partial charge in [0.25, 0.3) is 0 Å². The second-order valence-corrected chi connectivity index (χ2v) is 5.79. The van der Waals surface area contributed by atoms with Crippen molar-refractivity contribution in [3.05, 3.63) is 24.4 Å². The molecule has 3 rings (SSSR count). The fourth-order valence-electron chi connectivity index (χ4n) is 3.05. The van der Waals surface area contributed by atoms with Crippen LogP contribution in [0.3, 0.4) is 0 Å². The zero-order chi connectivity index (χ0) is 14.7. The molecule has 114 valence electrons. The molecule has 2 aliphatic rings. The number of amides is 2. The molecule has 0 aromatic carbocycles. The first kappa shape index (κ1) is 14.3. The van der Waals surface area contributed by atoms with Crippen LogP contribution in [0.15, 0.2) is 24.4 Å². The lowest BCUT2D eigenvalue weighted by atomic mass is 9.93. The van der Waals surface area contributed by atoms with E-state index in [0.29, 0.717) is 25.5 Å². The van der Waals surface area contributed by atoms with E-state index in [1.807, 2.05) is 19.1 Å². The number of anilines is 1. The number of hydrogen-bond donors (Lipinski definition) is 1. The van der Waals surface area contributed by atoms with Crippen LogP contribution in [0.2, 0.25) is 0 Å². The molecule has 1 aromatic rings. The smallest absolute Gasteiger partial charge is 0.323 e. The lowest BCUT2D eigenvalue weighted by Gasteiger charge is -2.47. The van der Waals surface area contributed by atoms with Gasteiger partial charge in [-0.2, -0.15) is 0 Å². The number of pyridine rings is 1. The van der Waals surface area contributed by atoms with Gasteiger partial charge in [-0.05, 0) is 31.9 Å². The Bertz CT molecular complexity index is 488. The summed E-state index contributed by atoms with van der Waals surface area (Å²) in [6, 6.07) is 5.32. The van der Waals surface area contributed by atoms with Crippen LogP contribution < -0.4 is 5.32 Å².